The summed E-state index contributed by atoms with van der Waals surface area (Å²) < 4.78 is 16.0. The summed E-state index contributed by atoms with van der Waals surface area (Å²) in [5, 5.41) is 23.2. The van der Waals surface area contributed by atoms with Crippen LogP contribution in [0.5, 0.6) is 17.2 Å². The Morgan fingerprint density at radius 2 is 1.82 bits per heavy atom. The molecule has 3 rings (SSSR count). The molecule has 0 bridgehead atoms. The molecule has 0 unspecified atom stereocenters. The second-order valence-electron chi connectivity index (χ2n) is 6.43. The van der Waals surface area contributed by atoms with Crippen LogP contribution in [0.4, 0.5) is 11.6 Å². The quantitative estimate of drug-likeness (QED) is 0.267. The third-order valence-electron chi connectivity index (χ3n) is 4.32. The van der Waals surface area contributed by atoms with Crippen LogP contribution in [0.3, 0.4) is 0 Å². The van der Waals surface area contributed by atoms with Gasteiger partial charge in [0.05, 0.1) is 31.5 Å². The molecule has 0 aliphatic carbocycles. The Morgan fingerprint density at radius 3 is 2.42 bits per heavy atom. The van der Waals surface area contributed by atoms with Crippen molar-refractivity contribution in [3.8, 4) is 28.5 Å². The van der Waals surface area contributed by atoms with Gasteiger partial charge in [-0.05, 0) is 38.1 Å². The highest BCUT2D eigenvalue weighted by atomic mass is 16.6. The molecule has 12 nitrogen and oxygen atoms in total. The topological polar surface area (TPSA) is 154 Å². The minimum Gasteiger partial charge on any atom is -0.497 e. The number of nitro groups is 1. The Balaban J connectivity index is 1.82. The summed E-state index contributed by atoms with van der Waals surface area (Å²) in [5.41, 5.74) is 2.90. The number of benzene rings is 2. The first-order valence-corrected chi connectivity index (χ1v) is 9.95. The fourth-order valence-corrected chi connectivity index (χ4v) is 2.85. The average Bonchev–Trinajstić information content (AvgIpc) is 2.81. The number of hydrogen-bond acceptors (Lipinski definition) is 10. The van der Waals surface area contributed by atoms with Gasteiger partial charge in [0.15, 0.2) is 5.69 Å². The molecule has 0 saturated heterocycles. The fourth-order valence-electron chi connectivity index (χ4n) is 2.85. The Hall–Kier alpha value is -4.48. The average molecular weight is 454 g/mol. The van der Waals surface area contributed by atoms with Crippen molar-refractivity contribution in [2.24, 2.45) is 5.10 Å². The van der Waals surface area contributed by atoms with Crippen LogP contribution >= 0.6 is 0 Å². The number of rotatable bonds is 10. The minimum absolute atomic E-state index is 0.00749. The largest absolute Gasteiger partial charge is 0.497 e. The molecule has 172 valence electrons. The van der Waals surface area contributed by atoms with Crippen molar-refractivity contribution in [1.29, 1.82) is 0 Å². The molecule has 0 radical (unpaired) electrons. The summed E-state index contributed by atoms with van der Waals surface area (Å²) >= 11 is 0. The lowest BCUT2D eigenvalue weighted by molar-refractivity contribution is -0.385. The predicted octanol–water partition coefficient (Wildman–Crippen LogP) is 2.99. The first-order chi connectivity index (χ1) is 16.0. The normalized spacial score (nSPS) is 10.8. The molecule has 0 spiro atoms. The molecule has 0 fully saturated rings. The van der Waals surface area contributed by atoms with Crippen LogP contribution in [0.2, 0.25) is 0 Å². The molecule has 3 aromatic rings. The molecule has 1 heterocycles. The zero-order chi connectivity index (χ0) is 23.8. The Bertz CT molecular complexity index is 1210. The number of H-pyrrole nitrogens is 1. The summed E-state index contributed by atoms with van der Waals surface area (Å²) in [7, 11) is 1.55. The van der Waals surface area contributed by atoms with Gasteiger partial charge in [0.2, 0.25) is 11.7 Å². The van der Waals surface area contributed by atoms with E-state index in [9.17, 15) is 14.9 Å². The van der Waals surface area contributed by atoms with E-state index in [4.69, 9.17) is 14.2 Å². The Labute approximate surface area is 188 Å². The number of aromatic amines is 1. The minimum atomic E-state index is -0.549. The lowest BCUT2D eigenvalue weighted by Gasteiger charge is -2.10. The van der Waals surface area contributed by atoms with Crippen LogP contribution in [-0.4, -0.2) is 46.6 Å². The Morgan fingerprint density at radius 1 is 1.12 bits per heavy atom. The highest BCUT2D eigenvalue weighted by molar-refractivity contribution is 5.86. The van der Waals surface area contributed by atoms with Gasteiger partial charge in [0.25, 0.3) is 5.56 Å². The summed E-state index contributed by atoms with van der Waals surface area (Å²) in [5.74, 6) is 1.09. The van der Waals surface area contributed by atoms with Gasteiger partial charge >= 0.3 is 5.69 Å². The van der Waals surface area contributed by atoms with E-state index < -0.39 is 10.5 Å². The maximum Gasteiger partial charge on any atom is 0.311 e. The third-order valence-corrected chi connectivity index (χ3v) is 4.32. The monoisotopic (exact) mass is 454 g/mol. The molecule has 12 heteroatoms. The molecule has 2 aromatic carbocycles. The summed E-state index contributed by atoms with van der Waals surface area (Å²) in [6, 6.07) is 9.53. The molecular weight excluding hydrogens is 432 g/mol. The molecule has 0 saturated carbocycles. The zero-order valence-corrected chi connectivity index (χ0v) is 18.2. The number of nitrogens with one attached hydrogen (secondary N) is 2. The second-order valence-corrected chi connectivity index (χ2v) is 6.43. The molecule has 1 aromatic heterocycles. The summed E-state index contributed by atoms with van der Waals surface area (Å²) in [4.78, 5) is 25.8. The van der Waals surface area contributed by atoms with E-state index in [1.54, 1.807) is 45.2 Å². The predicted molar refractivity (Wildman–Crippen MR) is 121 cm³/mol. The van der Waals surface area contributed by atoms with E-state index in [1.165, 1.54) is 18.3 Å². The van der Waals surface area contributed by atoms with E-state index in [0.29, 0.717) is 29.2 Å². The van der Waals surface area contributed by atoms with Gasteiger partial charge < -0.3 is 14.2 Å². The number of hydrogen-bond donors (Lipinski definition) is 2. The van der Waals surface area contributed by atoms with Crippen LogP contribution in [0.25, 0.3) is 11.3 Å². The second kappa shape index (κ2) is 10.7. The first-order valence-electron chi connectivity index (χ1n) is 9.95. The van der Waals surface area contributed by atoms with Crippen LogP contribution < -0.4 is 25.2 Å². The third kappa shape index (κ3) is 5.61. The molecule has 0 atom stereocenters. The van der Waals surface area contributed by atoms with Crippen LogP contribution in [-0.2, 0) is 0 Å². The lowest BCUT2D eigenvalue weighted by atomic mass is 10.1. The van der Waals surface area contributed by atoms with E-state index in [0.717, 1.165) is 0 Å². The van der Waals surface area contributed by atoms with Crippen molar-refractivity contribution in [3.63, 3.8) is 0 Å². The lowest BCUT2D eigenvalue weighted by Crippen LogP contribution is -2.15. The molecule has 33 heavy (non-hydrogen) atoms. The van der Waals surface area contributed by atoms with Gasteiger partial charge in [-0.3, -0.25) is 19.9 Å². The van der Waals surface area contributed by atoms with E-state index in [1.807, 2.05) is 0 Å². The SMILES string of the molecule is CCOc1cc(OCC)c([N+](=O)[O-])cc1/C=N/Nc1nnc(-c2ccc(OC)cc2)c(=O)[nH]1. The maximum atomic E-state index is 12.4. The van der Waals surface area contributed by atoms with E-state index >= 15 is 0 Å². The molecule has 0 aliphatic rings. The maximum absolute atomic E-state index is 12.4. The molecule has 0 aliphatic heterocycles. The van der Waals surface area contributed by atoms with Crippen LogP contribution in [0.1, 0.15) is 19.4 Å². The van der Waals surface area contributed by atoms with Gasteiger partial charge in [-0.25, -0.2) is 5.43 Å². The molecule has 0 amide bonds. The standard InChI is InChI=1S/C21H22N6O6/c1-4-32-17-11-18(33-5-2)16(27(29)30)10-14(17)12-22-25-21-23-20(28)19(24-26-21)13-6-8-15(31-3)9-7-13/h6-12H,4-5H2,1-3H3,(H2,23,25,26,28)/b22-12+. The molecular formula is C21H22N6O6. The van der Waals surface area contributed by atoms with E-state index in [2.05, 4.69) is 25.7 Å². The van der Waals surface area contributed by atoms with Gasteiger partial charge in [-0.2, -0.15) is 5.10 Å². The van der Waals surface area contributed by atoms with Gasteiger partial charge in [-0.1, -0.05) is 0 Å². The number of methoxy groups -OCH3 is 1. The smallest absolute Gasteiger partial charge is 0.311 e. The van der Waals surface area contributed by atoms with Gasteiger partial charge in [-0.15, -0.1) is 10.2 Å². The van der Waals surface area contributed by atoms with Crippen molar-refractivity contribution < 1.29 is 19.1 Å². The van der Waals surface area contributed by atoms with Crippen LogP contribution in [0.15, 0.2) is 46.3 Å². The van der Waals surface area contributed by atoms with Gasteiger partial charge in [0.1, 0.15) is 11.5 Å². The Kier molecular flexibility index (Phi) is 7.52. The first kappa shape index (κ1) is 23.2. The number of nitro benzene ring substituents is 1. The highest BCUT2D eigenvalue weighted by Gasteiger charge is 2.19. The number of anilines is 1. The van der Waals surface area contributed by atoms with Crippen molar-refractivity contribution in [1.82, 2.24) is 15.2 Å². The number of hydrazone groups is 1. The van der Waals surface area contributed by atoms with Crippen molar-refractivity contribution in [2.75, 3.05) is 25.7 Å². The van der Waals surface area contributed by atoms with Crippen LogP contribution in [0, 0.1) is 10.1 Å². The summed E-state index contributed by atoms with van der Waals surface area (Å²) in [6.07, 6.45) is 1.31. The number of aromatic nitrogens is 3. The number of nitrogens with zero attached hydrogens (tertiary/aromatic N) is 4. The van der Waals surface area contributed by atoms with Crippen molar-refractivity contribution in [3.05, 3.63) is 62.4 Å². The number of ether oxygens (including phenoxy) is 3. The van der Waals surface area contributed by atoms with Crippen molar-refractivity contribution in [2.45, 2.75) is 13.8 Å². The highest BCUT2D eigenvalue weighted by Crippen LogP contribution is 2.34. The molecule has 2 N–H and O–H groups in total. The van der Waals surface area contributed by atoms with Gasteiger partial charge in [0, 0.05) is 23.3 Å². The fraction of sp³-hybridized carbons (Fsp3) is 0.238. The van der Waals surface area contributed by atoms with E-state index in [-0.39, 0.29) is 29.7 Å². The zero-order valence-electron chi connectivity index (χ0n) is 18.2. The summed E-state index contributed by atoms with van der Waals surface area (Å²) in [6.45, 7) is 4.11. The van der Waals surface area contributed by atoms with Crippen molar-refractivity contribution >= 4 is 17.9 Å².